The van der Waals surface area contributed by atoms with Crippen LogP contribution in [0.2, 0.25) is 0 Å². The molecule has 0 fully saturated rings. The first-order valence-electron chi connectivity index (χ1n) is 3.91. The monoisotopic (exact) mass is 224 g/mol. The summed E-state index contributed by atoms with van der Waals surface area (Å²) in [6, 6.07) is 0. The van der Waals surface area contributed by atoms with E-state index >= 15 is 0 Å². The smallest absolute Gasteiger partial charge is 0.277 e. The second-order valence-corrected chi connectivity index (χ2v) is 5.27. The van der Waals surface area contributed by atoms with Gasteiger partial charge in [-0.05, 0) is 20.8 Å². The number of hydrogen-bond donors (Lipinski definition) is 4. The van der Waals surface area contributed by atoms with Gasteiger partial charge in [0.05, 0.1) is 6.54 Å². The van der Waals surface area contributed by atoms with E-state index in [9.17, 15) is 8.42 Å². The zero-order valence-corrected chi connectivity index (χ0v) is 9.22. The summed E-state index contributed by atoms with van der Waals surface area (Å²) in [6.45, 7) is 4.88. The molecule has 0 bridgehead atoms. The number of nitrogens with one attached hydrogen (secondary N) is 2. The standard InChI is InChI=1S/C6H16N4O3S/c1-6(2,3)10-14(12,13)8-4-5(7)9-11/h8,10-11H,4H2,1-3H3,(H2,7,9). The van der Waals surface area contributed by atoms with Crippen molar-refractivity contribution in [2.24, 2.45) is 10.9 Å². The number of nitrogens with two attached hydrogens (primary N) is 1. The van der Waals surface area contributed by atoms with Gasteiger partial charge >= 0.3 is 0 Å². The highest BCUT2D eigenvalue weighted by Gasteiger charge is 2.19. The van der Waals surface area contributed by atoms with Crippen LogP contribution in [0.1, 0.15) is 20.8 Å². The highest BCUT2D eigenvalue weighted by Crippen LogP contribution is 1.99. The second-order valence-electron chi connectivity index (χ2n) is 3.77. The third-order valence-electron chi connectivity index (χ3n) is 1.01. The van der Waals surface area contributed by atoms with Gasteiger partial charge in [0, 0.05) is 5.54 Å². The van der Waals surface area contributed by atoms with Gasteiger partial charge in [-0.1, -0.05) is 5.16 Å². The van der Waals surface area contributed by atoms with Crippen molar-refractivity contribution in [2.75, 3.05) is 6.54 Å². The molecule has 0 amide bonds. The number of oxime groups is 1. The minimum Gasteiger partial charge on any atom is -0.409 e. The highest BCUT2D eigenvalue weighted by atomic mass is 32.2. The lowest BCUT2D eigenvalue weighted by molar-refractivity contribution is 0.317. The SMILES string of the molecule is CC(C)(C)NS(=O)(=O)NCC(N)=NO. The molecule has 0 aliphatic rings. The third-order valence-corrected chi connectivity index (χ3v) is 2.42. The molecule has 8 heteroatoms. The van der Waals surface area contributed by atoms with E-state index < -0.39 is 15.7 Å². The van der Waals surface area contributed by atoms with Crippen LogP contribution < -0.4 is 15.2 Å². The number of rotatable bonds is 4. The molecule has 0 saturated carbocycles. The van der Waals surface area contributed by atoms with Crippen LogP contribution in [0.15, 0.2) is 5.16 Å². The number of amidine groups is 1. The molecule has 0 aliphatic heterocycles. The van der Waals surface area contributed by atoms with Crippen LogP contribution in [0, 0.1) is 0 Å². The maximum absolute atomic E-state index is 11.3. The first kappa shape index (κ1) is 13.1. The maximum atomic E-state index is 11.3. The Hall–Kier alpha value is -0.860. The minimum atomic E-state index is -3.62. The van der Waals surface area contributed by atoms with Gasteiger partial charge in [-0.15, -0.1) is 0 Å². The molecule has 14 heavy (non-hydrogen) atoms. The van der Waals surface area contributed by atoms with E-state index in [1.807, 2.05) is 0 Å². The highest BCUT2D eigenvalue weighted by molar-refractivity contribution is 7.87. The predicted molar refractivity (Wildman–Crippen MR) is 53.2 cm³/mol. The molecular weight excluding hydrogens is 208 g/mol. The Morgan fingerprint density at radius 3 is 2.36 bits per heavy atom. The zero-order chi connectivity index (χ0) is 11.4. The molecule has 0 spiro atoms. The molecule has 0 atom stereocenters. The molecule has 0 radical (unpaired) electrons. The summed E-state index contributed by atoms with van der Waals surface area (Å²) in [7, 11) is -3.62. The second kappa shape index (κ2) is 4.58. The van der Waals surface area contributed by atoms with E-state index in [2.05, 4.69) is 14.6 Å². The van der Waals surface area contributed by atoms with Crippen molar-refractivity contribution in [3.63, 3.8) is 0 Å². The largest absolute Gasteiger partial charge is 0.409 e. The van der Waals surface area contributed by atoms with Gasteiger partial charge in [0.25, 0.3) is 10.2 Å². The van der Waals surface area contributed by atoms with Crippen molar-refractivity contribution in [1.82, 2.24) is 9.44 Å². The fraction of sp³-hybridized carbons (Fsp3) is 0.833. The quantitative estimate of drug-likeness (QED) is 0.211. The first-order valence-corrected chi connectivity index (χ1v) is 5.39. The van der Waals surface area contributed by atoms with Gasteiger partial charge in [-0.3, -0.25) is 0 Å². The Kier molecular flexibility index (Phi) is 4.30. The summed E-state index contributed by atoms with van der Waals surface area (Å²) in [5.41, 5.74) is 4.52. The van der Waals surface area contributed by atoms with Crippen LogP contribution in [0.5, 0.6) is 0 Å². The molecule has 0 aromatic rings. The summed E-state index contributed by atoms with van der Waals surface area (Å²) in [5.74, 6) is -0.204. The van der Waals surface area contributed by atoms with E-state index in [0.717, 1.165) is 0 Å². The molecule has 84 valence electrons. The lowest BCUT2D eigenvalue weighted by Gasteiger charge is -2.20. The molecule has 0 rings (SSSR count). The van der Waals surface area contributed by atoms with E-state index in [0.29, 0.717) is 0 Å². The predicted octanol–water partition coefficient (Wildman–Crippen LogP) is -1.04. The molecule has 0 aromatic carbocycles. The topological polar surface area (TPSA) is 117 Å². The van der Waals surface area contributed by atoms with Crippen LogP contribution in [0.3, 0.4) is 0 Å². The van der Waals surface area contributed by atoms with Crippen LogP contribution in [-0.2, 0) is 10.2 Å². The Labute approximate surface area is 83.5 Å². The lowest BCUT2D eigenvalue weighted by Crippen LogP contribution is -2.48. The molecular formula is C6H16N4O3S. The average Bonchev–Trinajstić information content (AvgIpc) is 1.96. The van der Waals surface area contributed by atoms with Crippen molar-refractivity contribution >= 4 is 16.0 Å². The summed E-state index contributed by atoms with van der Waals surface area (Å²) >= 11 is 0. The van der Waals surface area contributed by atoms with Crippen LogP contribution in [-0.4, -0.2) is 31.5 Å². The van der Waals surface area contributed by atoms with E-state index in [1.165, 1.54) is 0 Å². The Morgan fingerprint density at radius 1 is 1.50 bits per heavy atom. The summed E-state index contributed by atoms with van der Waals surface area (Å²) in [5, 5.41) is 10.8. The number of hydrogen-bond acceptors (Lipinski definition) is 4. The van der Waals surface area contributed by atoms with Gasteiger partial charge < -0.3 is 10.9 Å². The van der Waals surface area contributed by atoms with Gasteiger partial charge in [-0.2, -0.15) is 17.9 Å². The molecule has 0 aromatic heterocycles. The normalized spacial score (nSPS) is 14.4. The lowest BCUT2D eigenvalue weighted by atomic mass is 10.1. The van der Waals surface area contributed by atoms with Gasteiger partial charge in [0.15, 0.2) is 5.84 Å². The molecule has 0 unspecified atom stereocenters. The van der Waals surface area contributed by atoms with E-state index in [1.54, 1.807) is 20.8 Å². The van der Waals surface area contributed by atoms with Crippen LogP contribution >= 0.6 is 0 Å². The maximum Gasteiger partial charge on any atom is 0.277 e. The van der Waals surface area contributed by atoms with Crippen molar-refractivity contribution in [2.45, 2.75) is 26.3 Å². The van der Waals surface area contributed by atoms with Crippen LogP contribution in [0.25, 0.3) is 0 Å². The van der Waals surface area contributed by atoms with Gasteiger partial charge in [-0.25, -0.2) is 0 Å². The van der Waals surface area contributed by atoms with Crippen molar-refractivity contribution in [3.8, 4) is 0 Å². The fourth-order valence-electron chi connectivity index (χ4n) is 0.643. The Morgan fingerprint density at radius 2 is 2.00 bits per heavy atom. The summed E-state index contributed by atoms with van der Waals surface area (Å²) < 4.78 is 27.0. The summed E-state index contributed by atoms with van der Waals surface area (Å²) in [6.07, 6.45) is 0. The average molecular weight is 224 g/mol. The Balaban J connectivity index is 4.24. The van der Waals surface area contributed by atoms with E-state index in [-0.39, 0.29) is 12.4 Å². The first-order chi connectivity index (χ1) is 6.16. The van der Waals surface area contributed by atoms with Crippen molar-refractivity contribution in [3.05, 3.63) is 0 Å². The van der Waals surface area contributed by atoms with E-state index in [4.69, 9.17) is 10.9 Å². The molecule has 7 nitrogen and oxygen atoms in total. The molecule has 5 N–H and O–H groups in total. The molecule has 0 heterocycles. The van der Waals surface area contributed by atoms with Crippen molar-refractivity contribution < 1.29 is 13.6 Å². The van der Waals surface area contributed by atoms with Crippen molar-refractivity contribution in [1.29, 1.82) is 0 Å². The van der Waals surface area contributed by atoms with Crippen LogP contribution in [0.4, 0.5) is 0 Å². The van der Waals surface area contributed by atoms with Gasteiger partial charge in [0.2, 0.25) is 0 Å². The summed E-state index contributed by atoms with van der Waals surface area (Å²) in [4.78, 5) is 0. The fourth-order valence-corrected chi connectivity index (χ4v) is 1.86. The number of nitrogens with zero attached hydrogens (tertiary/aromatic N) is 1. The molecule has 0 saturated heterocycles. The zero-order valence-electron chi connectivity index (χ0n) is 8.40. The third kappa shape index (κ3) is 6.63. The Bertz CT molecular complexity index is 304. The minimum absolute atomic E-state index is 0.204. The molecule has 0 aliphatic carbocycles. The van der Waals surface area contributed by atoms with Gasteiger partial charge in [0.1, 0.15) is 0 Å².